The number of carbonyl (C=O) groups excluding carboxylic acids is 2. The Labute approximate surface area is 113 Å². The van der Waals surface area contributed by atoms with E-state index in [0.717, 1.165) is 30.6 Å². The zero-order valence-electron chi connectivity index (χ0n) is 11.3. The first-order valence-corrected chi connectivity index (χ1v) is 6.79. The van der Waals surface area contributed by atoms with Crippen molar-refractivity contribution in [3.63, 3.8) is 0 Å². The topological polar surface area (TPSA) is 63.4 Å². The zero-order chi connectivity index (χ0) is 13.8. The molecule has 0 radical (unpaired) electrons. The number of piperidine rings is 1. The molecule has 0 bridgehead atoms. The average molecular weight is 260 g/mol. The number of nitrogens with two attached hydrogens (primary N) is 1. The number of ketones is 1. The minimum Gasteiger partial charge on any atom is -0.371 e. The van der Waals surface area contributed by atoms with Crippen LogP contribution in [0.2, 0.25) is 0 Å². The summed E-state index contributed by atoms with van der Waals surface area (Å²) >= 11 is 0. The van der Waals surface area contributed by atoms with Crippen molar-refractivity contribution in [2.75, 3.05) is 18.0 Å². The number of hydrogen-bond acceptors (Lipinski definition) is 3. The summed E-state index contributed by atoms with van der Waals surface area (Å²) in [4.78, 5) is 25.0. The second-order valence-corrected chi connectivity index (χ2v) is 5.01. The number of hydrogen-bond donors (Lipinski definition) is 1. The molecular formula is C15H20N2O2. The number of rotatable bonds is 4. The van der Waals surface area contributed by atoms with Crippen LogP contribution in [0.15, 0.2) is 24.3 Å². The van der Waals surface area contributed by atoms with E-state index in [1.54, 1.807) is 0 Å². The molecule has 1 saturated heterocycles. The molecule has 0 aliphatic carbocycles. The van der Waals surface area contributed by atoms with E-state index in [9.17, 15) is 9.59 Å². The van der Waals surface area contributed by atoms with Crippen molar-refractivity contribution in [3.8, 4) is 0 Å². The predicted molar refractivity (Wildman–Crippen MR) is 75.2 cm³/mol. The SMILES string of the molecule is CCC(=O)c1ccc(N2CCCC(C(N)=O)C2)cc1. The number of nitrogens with zero attached hydrogens (tertiary/aromatic N) is 1. The third-order valence-corrected chi connectivity index (χ3v) is 3.70. The van der Waals surface area contributed by atoms with Crippen LogP contribution in [-0.4, -0.2) is 24.8 Å². The zero-order valence-corrected chi connectivity index (χ0v) is 11.3. The van der Waals surface area contributed by atoms with Gasteiger partial charge in [0.15, 0.2) is 5.78 Å². The van der Waals surface area contributed by atoms with Gasteiger partial charge in [-0.05, 0) is 37.1 Å². The molecular weight excluding hydrogens is 240 g/mol. The molecule has 2 rings (SSSR count). The number of Topliss-reactive ketones (excluding diaryl/α,β-unsaturated/α-hetero) is 1. The number of amides is 1. The first-order valence-electron chi connectivity index (χ1n) is 6.79. The van der Waals surface area contributed by atoms with Gasteiger partial charge < -0.3 is 10.6 Å². The van der Waals surface area contributed by atoms with Crippen molar-refractivity contribution in [2.24, 2.45) is 11.7 Å². The minimum atomic E-state index is -0.220. The highest BCUT2D eigenvalue weighted by Crippen LogP contribution is 2.23. The first kappa shape index (κ1) is 13.6. The molecule has 4 nitrogen and oxygen atoms in total. The van der Waals surface area contributed by atoms with Gasteiger partial charge in [-0.1, -0.05) is 6.92 Å². The monoisotopic (exact) mass is 260 g/mol. The normalized spacial score (nSPS) is 19.2. The third kappa shape index (κ3) is 3.13. The van der Waals surface area contributed by atoms with Crippen LogP contribution >= 0.6 is 0 Å². The summed E-state index contributed by atoms with van der Waals surface area (Å²) in [7, 11) is 0. The van der Waals surface area contributed by atoms with Crippen molar-refractivity contribution in [3.05, 3.63) is 29.8 Å². The van der Waals surface area contributed by atoms with Crippen LogP contribution in [0.5, 0.6) is 0 Å². The van der Waals surface area contributed by atoms with Crippen molar-refractivity contribution >= 4 is 17.4 Å². The van der Waals surface area contributed by atoms with Crippen molar-refractivity contribution in [1.29, 1.82) is 0 Å². The molecule has 1 unspecified atom stereocenters. The second-order valence-electron chi connectivity index (χ2n) is 5.01. The standard InChI is InChI=1S/C15H20N2O2/c1-2-14(18)11-5-7-13(8-6-11)17-9-3-4-12(10-17)15(16)19/h5-8,12H,2-4,9-10H2,1H3,(H2,16,19). The van der Waals surface area contributed by atoms with Crippen LogP contribution in [-0.2, 0) is 4.79 Å². The van der Waals surface area contributed by atoms with Crippen LogP contribution in [0.1, 0.15) is 36.5 Å². The summed E-state index contributed by atoms with van der Waals surface area (Å²) in [6.07, 6.45) is 2.37. The Hall–Kier alpha value is -1.84. The summed E-state index contributed by atoms with van der Waals surface area (Å²) in [6.45, 7) is 3.47. The van der Waals surface area contributed by atoms with Gasteiger partial charge in [0.2, 0.25) is 5.91 Å². The van der Waals surface area contributed by atoms with Gasteiger partial charge in [0, 0.05) is 30.8 Å². The maximum atomic E-state index is 11.6. The van der Waals surface area contributed by atoms with E-state index in [2.05, 4.69) is 4.90 Å². The van der Waals surface area contributed by atoms with Crippen LogP contribution in [0.4, 0.5) is 5.69 Å². The third-order valence-electron chi connectivity index (χ3n) is 3.70. The van der Waals surface area contributed by atoms with Gasteiger partial charge in [0.25, 0.3) is 0 Å². The van der Waals surface area contributed by atoms with Crippen molar-refractivity contribution in [1.82, 2.24) is 0 Å². The van der Waals surface area contributed by atoms with Crippen LogP contribution in [0, 0.1) is 5.92 Å². The molecule has 1 atom stereocenters. The Bertz CT molecular complexity index is 468. The van der Waals surface area contributed by atoms with E-state index < -0.39 is 0 Å². The molecule has 0 aromatic heterocycles. The molecule has 0 spiro atoms. The van der Waals surface area contributed by atoms with Gasteiger partial charge in [0.05, 0.1) is 5.92 Å². The fourth-order valence-corrected chi connectivity index (χ4v) is 2.51. The van der Waals surface area contributed by atoms with Gasteiger partial charge >= 0.3 is 0 Å². The smallest absolute Gasteiger partial charge is 0.222 e. The Morgan fingerprint density at radius 1 is 1.32 bits per heavy atom. The van der Waals surface area contributed by atoms with E-state index in [1.807, 2.05) is 31.2 Å². The summed E-state index contributed by atoms with van der Waals surface area (Å²) in [6, 6.07) is 7.61. The Kier molecular flexibility index (Phi) is 4.20. The van der Waals surface area contributed by atoms with Gasteiger partial charge in [-0.25, -0.2) is 0 Å². The molecule has 1 aromatic carbocycles. The van der Waals surface area contributed by atoms with Gasteiger partial charge in [0.1, 0.15) is 0 Å². The highest BCUT2D eigenvalue weighted by Gasteiger charge is 2.24. The molecule has 1 heterocycles. The molecule has 0 saturated carbocycles. The van der Waals surface area contributed by atoms with Crippen LogP contribution < -0.4 is 10.6 Å². The van der Waals surface area contributed by atoms with Gasteiger partial charge in [-0.3, -0.25) is 9.59 Å². The number of primary amides is 1. The summed E-state index contributed by atoms with van der Waals surface area (Å²) in [5.41, 5.74) is 7.18. The molecule has 19 heavy (non-hydrogen) atoms. The summed E-state index contributed by atoms with van der Waals surface area (Å²) < 4.78 is 0. The fourth-order valence-electron chi connectivity index (χ4n) is 2.51. The van der Waals surface area contributed by atoms with Crippen LogP contribution in [0.25, 0.3) is 0 Å². The second kappa shape index (κ2) is 5.87. The molecule has 4 heteroatoms. The van der Waals surface area contributed by atoms with E-state index in [1.165, 1.54) is 0 Å². The molecule has 102 valence electrons. The van der Waals surface area contributed by atoms with Gasteiger partial charge in [-0.15, -0.1) is 0 Å². The minimum absolute atomic E-state index is 0.0642. The Balaban J connectivity index is 2.09. The average Bonchev–Trinajstić information content (AvgIpc) is 2.46. The van der Waals surface area contributed by atoms with E-state index >= 15 is 0 Å². The molecule has 1 fully saturated rings. The van der Waals surface area contributed by atoms with Crippen molar-refractivity contribution in [2.45, 2.75) is 26.2 Å². The summed E-state index contributed by atoms with van der Waals surface area (Å²) in [5.74, 6) is -0.131. The maximum Gasteiger partial charge on any atom is 0.222 e. The Morgan fingerprint density at radius 3 is 2.58 bits per heavy atom. The van der Waals surface area contributed by atoms with Crippen molar-refractivity contribution < 1.29 is 9.59 Å². The molecule has 1 aliphatic rings. The van der Waals surface area contributed by atoms with Gasteiger partial charge in [-0.2, -0.15) is 0 Å². The van der Waals surface area contributed by atoms with E-state index in [4.69, 9.17) is 5.73 Å². The lowest BCUT2D eigenvalue weighted by Gasteiger charge is -2.33. The quantitative estimate of drug-likeness (QED) is 0.842. The molecule has 1 aromatic rings. The lowest BCUT2D eigenvalue weighted by Crippen LogP contribution is -2.41. The fraction of sp³-hybridized carbons (Fsp3) is 0.467. The number of anilines is 1. The summed E-state index contributed by atoms with van der Waals surface area (Å²) in [5, 5.41) is 0. The molecule has 2 N–H and O–H groups in total. The lowest BCUT2D eigenvalue weighted by molar-refractivity contribution is -0.122. The van der Waals surface area contributed by atoms with Crippen LogP contribution in [0.3, 0.4) is 0 Å². The first-order chi connectivity index (χ1) is 9.11. The number of carbonyl (C=O) groups is 2. The highest BCUT2D eigenvalue weighted by atomic mass is 16.1. The Morgan fingerprint density at radius 2 is 2.00 bits per heavy atom. The molecule has 1 aliphatic heterocycles. The number of benzene rings is 1. The molecule has 1 amide bonds. The lowest BCUT2D eigenvalue weighted by atomic mass is 9.97. The van der Waals surface area contributed by atoms with E-state index in [0.29, 0.717) is 13.0 Å². The predicted octanol–water partition coefficient (Wildman–Crippen LogP) is 1.98. The maximum absolute atomic E-state index is 11.6. The highest BCUT2D eigenvalue weighted by molar-refractivity contribution is 5.96. The largest absolute Gasteiger partial charge is 0.371 e. The van der Waals surface area contributed by atoms with E-state index in [-0.39, 0.29) is 17.6 Å².